The van der Waals surface area contributed by atoms with Crippen molar-refractivity contribution >= 4 is 18.3 Å². The summed E-state index contributed by atoms with van der Waals surface area (Å²) in [5, 5.41) is 0. The summed E-state index contributed by atoms with van der Waals surface area (Å²) in [7, 11) is 0. The quantitative estimate of drug-likeness (QED) is 0.864. The summed E-state index contributed by atoms with van der Waals surface area (Å²) in [6.07, 6.45) is 3.09. The lowest BCUT2D eigenvalue weighted by Gasteiger charge is -2.37. The van der Waals surface area contributed by atoms with Gasteiger partial charge in [0.05, 0.1) is 6.33 Å². The van der Waals surface area contributed by atoms with Crippen molar-refractivity contribution in [2.45, 2.75) is 25.3 Å². The van der Waals surface area contributed by atoms with E-state index in [9.17, 15) is 9.18 Å². The molecule has 5 nitrogen and oxygen atoms in total. The van der Waals surface area contributed by atoms with E-state index in [2.05, 4.69) is 0 Å². The fourth-order valence-corrected chi connectivity index (χ4v) is 3.23. The number of carbonyl (C=O) groups is 1. The Morgan fingerprint density at radius 3 is 2.84 bits per heavy atom. The highest BCUT2D eigenvalue weighted by molar-refractivity contribution is 5.97. The first kappa shape index (κ1) is 19.7. The van der Waals surface area contributed by atoms with Crippen molar-refractivity contribution in [3.8, 4) is 5.75 Å². The lowest BCUT2D eigenvalue weighted by atomic mass is 9.95. The van der Waals surface area contributed by atoms with Crippen molar-refractivity contribution in [1.82, 2.24) is 4.90 Å². The Morgan fingerprint density at radius 2 is 2.16 bits per heavy atom. The Kier molecular flexibility index (Phi) is 7.23. The van der Waals surface area contributed by atoms with Crippen LogP contribution in [-0.2, 0) is 11.2 Å². The Morgan fingerprint density at radius 1 is 1.40 bits per heavy atom. The second-order valence-corrected chi connectivity index (χ2v) is 6.17. The van der Waals surface area contributed by atoms with Crippen LogP contribution in [0.4, 0.5) is 4.39 Å². The lowest BCUT2D eigenvalue weighted by Crippen LogP contribution is -2.47. The van der Waals surface area contributed by atoms with E-state index >= 15 is 0 Å². The van der Waals surface area contributed by atoms with Crippen LogP contribution in [0.5, 0.6) is 5.75 Å². The van der Waals surface area contributed by atoms with Crippen LogP contribution >= 0.6 is 12.4 Å². The molecule has 0 aromatic heterocycles. The molecule has 1 fully saturated rings. The zero-order valence-electron chi connectivity index (χ0n) is 14.1. The van der Waals surface area contributed by atoms with Crippen molar-refractivity contribution in [2.24, 2.45) is 5.73 Å². The highest BCUT2D eigenvalue weighted by atomic mass is 35.5. The van der Waals surface area contributed by atoms with Crippen LogP contribution in [0.15, 0.2) is 30.1 Å². The molecule has 2 N–H and O–H groups in total. The van der Waals surface area contributed by atoms with Crippen molar-refractivity contribution < 1.29 is 18.7 Å². The monoisotopic (exact) mass is 370 g/mol. The zero-order valence-corrected chi connectivity index (χ0v) is 14.9. The van der Waals surface area contributed by atoms with Crippen molar-refractivity contribution in [1.29, 1.82) is 0 Å². The third-order valence-electron chi connectivity index (χ3n) is 4.66. The van der Waals surface area contributed by atoms with Crippen LogP contribution in [0.25, 0.3) is 0 Å². The van der Waals surface area contributed by atoms with Gasteiger partial charge in [-0.05, 0) is 43.0 Å². The van der Waals surface area contributed by atoms with Crippen molar-refractivity contribution in [2.75, 3.05) is 32.9 Å². The average Bonchev–Trinajstić information content (AvgIpc) is 2.63. The summed E-state index contributed by atoms with van der Waals surface area (Å²) < 4.78 is 23.5. The molecule has 7 heteroatoms. The molecule has 2 aliphatic rings. The Labute approximate surface area is 153 Å². The number of fused-ring (bicyclic) bond motifs is 1. The normalized spacial score (nSPS) is 18.6. The summed E-state index contributed by atoms with van der Waals surface area (Å²) in [6, 6.07) is 5.72. The van der Waals surface area contributed by atoms with Crippen LogP contribution in [0.1, 0.15) is 28.8 Å². The van der Waals surface area contributed by atoms with Crippen LogP contribution in [0.3, 0.4) is 0 Å². The average molecular weight is 371 g/mol. The van der Waals surface area contributed by atoms with Gasteiger partial charge in [0.1, 0.15) is 12.4 Å². The minimum absolute atomic E-state index is 0. The summed E-state index contributed by atoms with van der Waals surface area (Å²) in [5.74, 6) is 0.717. The van der Waals surface area contributed by atoms with Crippen LogP contribution in [0, 0.1) is 0 Å². The Balaban J connectivity index is 0.00000225. The van der Waals surface area contributed by atoms with Crippen molar-refractivity contribution in [3.63, 3.8) is 0 Å². The molecule has 0 bridgehead atoms. The Hall–Kier alpha value is -1.63. The molecule has 0 unspecified atom stereocenters. The number of nitrogens with zero attached hydrogens (tertiary/aromatic N) is 1. The number of benzene rings is 1. The van der Waals surface area contributed by atoms with E-state index in [4.69, 9.17) is 15.2 Å². The Bertz CT molecular complexity index is 633. The smallest absolute Gasteiger partial charge is 0.254 e. The molecule has 0 aliphatic carbocycles. The van der Waals surface area contributed by atoms with E-state index in [0.29, 0.717) is 17.7 Å². The van der Waals surface area contributed by atoms with E-state index in [1.807, 2.05) is 11.0 Å². The highest BCUT2D eigenvalue weighted by Crippen LogP contribution is 2.27. The van der Waals surface area contributed by atoms with Gasteiger partial charge in [-0.1, -0.05) is 0 Å². The zero-order chi connectivity index (χ0) is 16.9. The summed E-state index contributed by atoms with van der Waals surface area (Å²) >= 11 is 0. The van der Waals surface area contributed by atoms with E-state index in [-0.39, 0.29) is 37.5 Å². The maximum absolute atomic E-state index is 12.8. The van der Waals surface area contributed by atoms with Crippen LogP contribution in [-0.4, -0.2) is 49.8 Å². The molecule has 25 heavy (non-hydrogen) atoms. The molecule has 138 valence electrons. The maximum atomic E-state index is 12.8. The van der Waals surface area contributed by atoms with Gasteiger partial charge in [0.2, 0.25) is 0 Å². The van der Waals surface area contributed by atoms with Gasteiger partial charge in [-0.15, -0.1) is 12.4 Å². The van der Waals surface area contributed by atoms with Gasteiger partial charge in [0.15, 0.2) is 0 Å². The number of carbonyl (C=O) groups excluding carboxylic acids is 1. The number of rotatable bonds is 5. The standard InChI is InChI=1S/C18H23FN2O3.ClH/c19-10-13(11-20)12-24-16-1-2-17-14(9-16)3-6-21(18(17)22)15-4-7-23-8-5-15;/h1-2,9-10,15H,3-8,11-12,20H2;1H/b13-10+;. The van der Waals surface area contributed by atoms with E-state index < -0.39 is 0 Å². The lowest BCUT2D eigenvalue weighted by molar-refractivity contribution is 0.0276. The molecular formula is C18H24ClFN2O3. The van der Waals surface area contributed by atoms with Crippen LogP contribution in [0.2, 0.25) is 0 Å². The largest absolute Gasteiger partial charge is 0.489 e. The predicted octanol–water partition coefficient (Wildman–Crippen LogP) is 2.48. The molecule has 1 amide bonds. The molecule has 0 saturated carbocycles. The molecule has 1 aromatic rings. The number of ether oxygens (including phenoxy) is 2. The second-order valence-electron chi connectivity index (χ2n) is 6.17. The molecule has 3 rings (SSSR count). The first-order chi connectivity index (χ1) is 11.7. The predicted molar refractivity (Wildman–Crippen MR) is 96.0 cm³/mol. The highest BCUT2D eigenvalue weighted by Gasteiger charge is 2.31. The van der Waals surface area contributed by atoms with Gasteiger partial charge in [-0.25, -0.2) is 4.39 Å². The fourth-order valence-electron chi connectivity index (χ4n) is 3.23. The summed E-state index contributed by atoms with van der Waals surface area (Å²) in [5.41, 5.74) is 7.53. The topological polar surface area (TPSA) is 64.8 Å². The van der Waals surface area contributed by atoms with Gasteiger partial charge in [0, 0.05) is 43.5 Å². The van der Waals surface area contributed by atoms with Gasteiger partial charge in [-0.2, -0.15) is 0 Å². The first-order valence-corrected chi connectivity index (χ1v) is 8.35. The van der Waals surface area contributed by atoms with Gasteiger partial charge >= 0.3 is 0 Å². The number of hydrogen-bond donors (Lipinski definition) is 1. The van der Waals surface area contributed by atoms with Crippen LogP contribution < -0.4 is 10.5 Å². The molecule has 1 saturated heterocycles. The second kappa shape index (κ2) is 9.17. The summed E-state index contributed by atoms with van der Waals surface area (Å²) in [6.45, 7) is 2.41. The molecule has 2 aliphatic heterocycles. The third-order valence-corrected chi connectivity index (χ3v) is 4.66. The third kappa shape index (κ3) is 4.51. The molecule has 0 atom stereocenters. The number of amides is 1. The minimum atomic E-state index is 0. The molecular weight excluding hydrogens is 347 g/mol. The maximum Gasteiger partial charge on any atom is 0.254 e. The van der Waals surface area contributed by atoms with E-state index in [1.54, 1.807) is 12.1 Å². The summed E-state index contributed by atoms with van der Waals surface area (Å²) in [4.78, 5) is 14.7. The minimum Gasteiger partial charge on any atom is -0.489 e. The van der Waals surface area contributed by atoms with Crippen molar-refractivity contribution in [3.05, 3.63) is 41.2 Å². The number of halogens is 2. The fraction of sp³-hybridized carbons (Fsp3) is 0.500. The van der Waals surface area contributed by atoms with Gasteiger partial charge in [0.25, 0.3) is 5.91 Å². The SMILES string of the molecule is Cl.NC/C(=C\F)COc1ccc2c(c1)CCN(C1CCOCC1)C2=O. The van der Waals surface area contributed by atoms with E-state index in [0.717, 1.165) is 50.1 Å². The van der Waals surface area contributed by atoms with E-state index in [1.165, 1.54) is 0 Å². The number of nitrogens with two attached hydrogens (primary N) is 1. The molecule has 0 spiro atoms. The molecule has 0 radical (unpaired) electrons. The molecule has 2 heterocycles. The van der Waals surface area contributed by atoms with Gasteiger partial charge in [-0.3, -0.25) is 4.79 Å². The number of hydrogen-bond acceptors (Lipinski definition) is 4. The first-order valence-electron chi connectivity index (χ1n) is 8.35. The molecule has 1 aromatic carbocycles. The van der Waals surface area contributed by atoms with Gasteiger partial charge < -0.3 is 20.1 Å².